The van der Waals surface area contributed by atoms with E-state index in [1.54, 1.807) is 7.05 Å². The molecule has 0 aromatic heterocycles. The lowest BCUT2D eigenvalue weighted by Crippen LogP contribution is -2.56. The topological polar surface area (TPSA) is 77.0 Å². The third-order valence-electron chi connectivity index (χ3n) is 4.11. The van der Waals surface area contributed by atoms with Gasteiger partial charge in [0.25, 0.3) is 0 Å². The minimum atomic E-state index is -3.26. The second kappa shape index (κ2) is 8.45. The first-order valence-corrected chi connectivity index (χ1v) is 10.8. The van der Waals surface area contributed by atoms with E-state index in [0.29, 0.717) is 6.54 Å². The number of anilines is 1. The molecule has 0 atom stereocenters. The Labute approximate surface area is 161 Å². The van der Waals surface area contributed by atoms with Gasteiger partial charge in [0.2, 0.25) is 10.0 Å². The second-order valence-corrected chi connectivity index (χ2v) is 9.30. The van der Waals surface area contributed by atoms with E-state index in [9.17, 15) is 8.42 Å². The molecular formula is C17H28ClN5O2S. The van der Waals surface area contributed by atoms with Gasteiger partial charge >= 0.3 is 0 Å². The van der Waals surface area contributed by atoms with Gasteiger partial charge in [0.05, 0.1) is 6.26 Å². The number of hydrogen-bond donors (Lipinski definition) is 2. The molecule has 1 aliphatic rings. The molecule has 1 fully saturated rings. The molecule has 1 aromatic carbocycles. The summed E-state index contributed by atoms with van der Waals surface area (Å²) in [5, 5.41) is 4.01. The van der Waals surface area contributed by atoms with E-state index >= 15 is 0 Å². The number of guanidine groups is 1. The number of benzene rings is 1. The minimum absolute atomic E-state index is 0.446. The number of rotatable bonds is 5. The maximum Gasteiger partial charge on any atom is 0.209 e. The summed E-state index contributed by atoms with van der Waals surface area (Å²) in [5.74, 6) is 0.777. The highest BCUT2D eigenvalue weighted by atomic mass is 35.5. The van der Waals surface area contributed by atoms with Gasteiger partial charge in [-0.2, -0.15) is 0 Å². The summed E-state index contributed by atoms with van der Waals surface area (Å²) < 4.78 is 25.6. The van der Waals surface area contributed by atoms with E-state index in [2.05, 4.69) is 30.9 Å². The van der Waals surface area contributed by atoms with Gasteiger partial charge in [0, 0.05) is 56.0 Å². The van der Waals surface area contributed by atoms with Crippen LogP contribution in [0.4, 0.5) is 5.69 Å². The average molecular weight is 402 g/mol. The van der Waals surface area contributed by atoms with Crippen LogP contribution in [0.5, 0.6) is 0 Å². The largest absolute Gasteiger partial charge is 0.368 e. The van der Waals surface area contributed by atoms with Crippen LogP contribution in [0.3, 0.4) is 0 Å². The van der Waals surface area contributed by atoms with Crippen molar-refractivity contribution in [2.75, 3.05) is 50.9 Å². The van der Waals surface area contributed by atoms with Gasteiger partial charge in [-0.15, -0.1) is 0 Å². The standard InChI is InChI=1S/C17H28ClN5O2S/c1-17(2,21-26(4,24)25)13-20-16(19-3)23-10-8-22(9-11-23)15-7-5-6-14(18)12-15/h5-7,12,21H,8-11,13H2,1-4H3,(H,19,20). The minimum Gasteiger partial charge on any atom is -0.368 e. The smallest absolute Gasteiger partial charge is 0.209 e. The molecule has 7 nitrogen and oxygen atoms in total. The highest BCUT2D eigenvalue weighted by Gasteiger charge is 2.25. The monoisotopic (exact) mass is 401 g/mol. The van der Waals surface area contributed by atoms with E-state index in [0.717, 1.165) is 42.8 Å². The molecular weight excluding hydrogens is 374 g/mol. The van der Waals surface area contributed by atoms with E-state index in [-0.39, 0.29) is 0 Å². The zero-order valence-corrected chi connectivity index (χ0v) is 17.4. The van der Waals surface area contributed by atoms with Crippen molar-refractivity contribution >= 4 is 33.3 Å². The SMILES string of the molecule is CN=C(NCC(C)(C)NS(C)(=O)=O)N1CCN(c2cccc(Cl)c2)CC1. The van der Waals surface area contributed by atoms with Gasteiger partial charge in [-0.25, -0.2) is 13.1 Å². The van der Waals surface area contributed by atoms with Crippen molar-refractivity contribution in [1.29, 1.82) is 0 Å². The Morgan fingerprint density at radius 3 is 2.46 bits per heavy atom. The van der Waals surface area contributed by atoms with Crippen molar-refractivity contribution in [2.45, 2.75) is 19.4 Å². The zero-order valence-electron chi connectivity index (χ0n) is 15.8. The molecule has 2 N–H and O–H groups in total. The molecule has 1 aliphatic heterocycles. The van der Waals surface area contributed by atoms with Crippen molar-refractivity contribution in [1.82, 2.24) is 14.9 Å². The lowest BCUT2D eigenvalue weighted by molar-refractivity contribution is 0.363. The molecule has 0 spiro atoms. The fraction of sp³-hybridized carbons (Fsp3) is 0.588. The van der Waals surface area contributed by atoms with Crippen molar-refractivity contribution < 1.29 is 8.42 Å². The number of nitrogens with zero attached hydrogens (tertiary/aromatic N) is 3. The van der Waals surface area contributed by atoms with Gasteiger partial charge in [0.15, 0.2) is 5.96 Å². The van der Waals surface area contributed by atoms with E-state index in [1.807, 2.05) is 32.0 Å². The number of nitrogens with one attached hydrogen (secondary N) is 2. The number of piperazine rings is 1. The Kier molecular flexibility index (Phi) is 6.76. The lowest BCUT2D eigenvalue weighted by Gasteiger charge is -2.38. The van der Waals surface area contributed by atoms with Gasteiger partial charge in [0.1, 0.15) is 0 Å². The summed E-state index contributed by atoms with van der Waals surface area (Å²) in [5.41, 5.74) is 0.519. The first-order chi connectivity index (χ1) is 12.1. The van der Waals surface area contributed by atoms with Gasteiger partial charge in [-0.3, -0.25) is 4.99 Å². The third-order valence-corrected chi connectivity index (χ3v) is 5.27. The molecule has 1 heterocycles. The highest BCUT2D eigenvalue weighted by Crippen LogP contribution is 2.20. The predicted octanol–water partition coefficient (Wildman–Crippen LogP) is 1.37. The van der Waals surface area contributed by atoms with E-state index in [4.69, 9.17) is 11.6 Å². The third kappa shape index (κ3) is 6.34. The van der Waals surface area contributed by atoms with Crippen molar-refractivity contribution in [3.05, 3.63) is 29.3 Å². The highest BCUT2D eigenvalue weighted by molar-refractivity contribution is 7.88. The van der Waals surface area contributed by atoms with Crippen LogP contribution in [0, 0.1) is 0 Å². The molecule has 0 unspecified atom stereocenters. The average Bonchev–Trinajstić information content (AvgIpc) is 2.53. The first kappa shape index (κ1) is 20.8. The van der Waals surface area contributed by atoms with Crippen LogP contribution in [-0.2, 0) is 10.0 Å². The molecule has 2 rings (SSSR count). The summed E-state index contributed by atoms with van der Waals surface area (Å²) in [7, 11) is -1.52. The molecule has 0 radical (unpaired) electrons. The van der Waals surface area contributed by atoms with Crippen LogP contribution in [0.15, 0.2) is 29.3 Å². The zero-order chi connectivity index (χ0) is 19.4. The Hall–Kier alpha value is -1.51. The van der Waals surface area contributed by atoms with E-state index in [1.165, 1.54) is 6.26 Å². The molecule has 1 aromatic rings. The molecule has 146 valence electrons. The number of sulfonamides is 1. The summed E-state index contributed by atoms with van der Waals surface area (Å²) in [6.45, 7) is 7.51. The molecule has 0 bridgehead atoms. The summed E-state index contributed by atoms with van der Waals surface area (Å²) >= 11 is 6.08. The first-order valence-electron chi connectivity index (χ1n) is 8.55. The van der Waals surface area contributed by atoms with Crippen LogP contribution in [0.2, 0.25) is 5.02 Å². The molecule has 0 saturated carbocycles. The maximum absolute atomic E-state index is 11.5. The Balaban J connectivity index is 1.90. The summed E-state index contributed by atoms with van der Waals surface area (Å²) in [4.78, 5) is 8.81. The van der Waals surface area contributed by atoms with Crippen LogP contribution in [0.1, 0.15) is 13.8 Å². The van der Waals surface area contributed by atoms with Crippen LogP contribution >= 0.6 is 11.6 Å². The van der Waals surface area contributed by atoms with Gasteiger partial charge in [-0.1, -0.05) is 17.7 Å². The number of aliphatic imine (C=N–C) groups is 1. The summed E-state index contributed by atoms with van der Waals surface area (Å²) in [6.07, 6.45) is 1.17. The summed E-state index contributed by atoms with van der Waals surface area (Å²) in [6, 6.07) is 7.87. The number of halogens is 1. The second-order valence-electron chi connectivity index (χ2n) is 7.11. The van der Waals surface area contributed by atoms with Crippen molar-refractivity contribution in [2.24, 2.45) is 4.99 Å². The lowest BCUT2D eigenvalue weighted by atomic mass is 10.1. The normalized spacial score (nSPS) is 16.7. The fourth-order valence-electron chi connectivity index (χ4n) is 3.02. The van der Waals surface area contributed by atoms with Crippen LogP contribution in [-0.4, -0.2) is 70.8 Å². The molecule has 1 saturated heterocycles. The fourth-order valence-corrected chi connectivity index (χ4v) is 4.28. The van der Waals surface area contributed by atoms with Crippen LogP contribution in [0.25, 0.3) is 0 Å². The van der Waals surface area contributed by atoms with Crippen LogP contribution < -0.4 is 14.9 Å². The molecule has 0 amide bonds. The Morgan fingerprint density at radius 2 is 1.92 bits per heavy atom. The maximum atomic E-state index is 11.5. The van der Waals surface area contributed by atoms with Gasteiger partial charge < -0.3 is 15.1 Å². The number of hydrogen-bond acceptors (Lipinski definition) is 4. The molecule has 26 heavy (non-hydrogen) atoms. The Bertz CT molecular complexity index is 743. The van der Waals surface area contributed by atoms with Crippen molar-refractivity contribution in [3.8, 4) is 0 Å². The van der Waals surface area contributed by atoms with Gasteiger partial charge in [-0.05, 0) is 32.0 Å². The van der Waals surface area contributed by atoms with Crippen molar-refractivity contribution in [3.63, 3.8) is 0 Å². The van der Waals surface area contributed by atoms with E-state index < -0.39 is 15.6 Å². The molecule has 9 heteroatoms. The molecule has 0 aliphatic carbocycles. The Morgan fingerprint density at radius 1 is 1.27 bits per heavy atom. The quantitative estimate of drug-likeness (QED) is 0.575. The predicted molar refractivity (Wildman–Crippen MR) is 109 cm³/mol.